The zero-order valence-electron chi connectivity index (χ0n) is 15.3. The highest BCUT2D eigenvalue weighted by atomic mass is 16.5. The van der Waals surface area contributed by atoms with E-state index in [1.807, 2.05) is 61.5 Å². The van der Waals surface area contributed by atoms with Crippen LogP contribution in [0.3, 0.4) is 0 Å². The number of aromatic nitrogens is 5. The molecular formula is C21H15N5O3. The molecule has 3 aromatic heterocycles. The lowest BCUT2D eigenvalue weighted by Crippen LogP contribution is -2.11. The molecule has 0 aliphatic heterocycles. The predicted octanol–water partition coefficient (Wildman–Crippen LogP) is 3.44. The van der Waals surface area contributed by atoms with Crippen molar-refractivity contribution in [2.45, 2.75) is 6.92 Å². The van der Waals surface area contributed by atoms with E-state index in [1.165, 1.54) is 6.20 Å². The van der Waals surface area contributed by atoms with E-state index in [4.69, 9.17) is 4.52 Å². The van der Waals surface area contributed by atoms with Crippen molar-refractivity contribution in [1.29, 1.82) is 0 Å². The number of benzene rings is 2. The van der Waals surface area contributed by atoms with Gasteiger partial charge in [0, 0.05) is 5.56 Å². The first-order chi connectivity index (χ1) is 14.1. The van der Waals surface area contributed by atoms with Gasteiger partial charge in [-0.25, -0.2) is 4.68 Å². The second-order valence-electron chi connectivity index (χ2n) is 6.62. The van der Waals surface area contributed by atoms with Gasteiger partial charge >= 0.3 is 0 Å². The Balaban J connectivity index is 1.63. The van der Waals surface area contributed by atoms with E-state index < -0.39 is 5.56 Å². The standard InChI is InChI=1S/C21H15N5O3/c1-12-7-9-13(10-8-12)18-23-21(29-25-18)16-17(27)15-11-22-26(19(15)24-20(16)28)14-5-3-2-4-6-14/h2-11H,1H3,(H2,24,27,28). The molecular weight excluding hydrogens is 370 g/mol. The Morgan fingerprint density at radius 2 is 1.83 bits per heavy atom. The predicted molar refractivity (Wildman–Crippen MR) is 107 cm³/mol. The van der Waals surface area contributed by atoms with E-state index in [0.29, 0.717) is 16.9 Å². The maximum absolute atomic E-state index is 12.7. The van der Waals surface area contributed by atoms with Gasteiger partial charge in [-0.2, -0.15) is 10.1 Å². The van der Waals surface area contributed by atoms with Crippen LogP contribution in [0.1, 0.15) is 5.56 Å². The molecule has 0 aliphatic rings. The number of aryl methyl sites for hydroxylation is 1. The van der Waals surface area contributed by atoms with Crippen molar-refractivity contribution < 1.29 is 9.63 Å². The number of hydrogen-bond acceptors (Lipinski definition) is 6. The molecule has 142 valence electrons. The molecule has 0 unspecified atom stereocenters. The van der Waals surface area contributed by atoms with E-state index in [0.717, 1.165) is 16.8 Å². The summed E-state index contributed by atoms with van der Waals surface area (Å²) in [4.78, 5) is 19.8. The average molecular weight is 385 g/mol. The summed E-state index contributed by atoms with van der Waals surface area (Å²) in [6.45, 7) is 1.98. The zero-order chi connectivity index (χ0) is 20.0. The van der Waals surface area contributed by atoms with Gasteiger partial charge < -0.3 is 14.6 Å². The summed E-state index contributed by atoms with van der Waals surface area (Å²) >= 11 is 0. The lowest BCUT2D eigenvalue weighted by atomic mass is 10.1. The van der Waals surface area contributed by atoms with Crippen LogP contribution >= 0.6 is 0 Å². The highest BCUT2D eigenvalue weighted by Crippen LogP contribution is 2.32. The number of hydrogen-bond donors (Lipinski definition) is 2. The molecule has 8 heteroatoms. The monoisotopic (exact) mass is 385 g/mol. The van der Waals surface area contributed by atoms with E-state index in [2.05, 4.69) is 20.2 Å². The lowest BCUT2D eigenvalue weighted by molar-refractivity contribution is 0.426. The van der Waals surface area contributed by atoms with Crippen molar-refractivity contribution in [3.05, 3.63) is 76.7 Å². The molecule has 3 heterocycles. The number of nitrogens with one attached hydrogen (secondary N) is 1. The third-order valence-corrected chi connectivity index (χ3v) is 4.67. The fraction of sp³-hybridized carbons (Fsp3) is 0.0476. The Morgan fingerprint density at radius 3 is 2.59 bits per heavy atom. The molecule has 0 bridgehead atoms. The Bertz CT molecular complexity index is 1380. The van der Waals surface area contributed by atoms with Gasteiger partial charge in [-0.15, -0.1) is 0 Å². The van der Waals surface area contributed by atoms with Crippen LogP contribution in [0.25, 0.3) is 39.6 Å². The fourth-order valence-corrected chi connectivity index (χ4v) is 3.16. The molecule has 0 aliphatic carbocycles. The van der Waals surface area contributed by atoms with Crippen molar-refractivity contribution in [3.8, 4) is 34.3 Å². The topological polar surface area (TPSA) is 110 Å². The Morgan fingerprint density at radius 1 is 1.07 bits per heavy atom. The summed E-state index contributed by atoms with van der Waals surface area (Å²) in [6.07, 6.45) is 1.48. The highest BCUT2D eigenvalue weighted by molar-refractivity contribution is 5.89. The van der Waals surface area contributed by atoms with Crippen molar-refractivity contribution in [1.82, 2.24) is 24.9 Å². The number of para-hydroxylation sites is 1. The van der Waals surface area contributed by atoms with Gasteiger partial charge in [0.15, 0.2) is 0 Å². The molecule has 5 aromatic rings. The zero-order valence-corrected chi connectivity index (χ0v) is 15.3. The van der Waals surface area contributed by atoms with E-state index >= 15 is 0 Å². The van der Waals surface area contributed by atoms with Crippen LogP contribution in [0.5, 0.6) is 5.75 Å². The first-order valence-corrected chi connectivity index (χ1v) is 8.91. The maximum atomic E-state index is 12.7. The molecule has 5 rings (SSSR count). The Labute approximate surface area is 164 Å². The number of rotatable bonds is 3. The van der Waals surface area contributed by atoms with E-state index in [-0.39, 0.29) is 17.2 Å². The first-order valence-electron chi connectivity index (χ1n) is 8.91. The third kappa shape index (κ3) is 2.78. The normalized spacial score (nSPS) is 11.2. The third-order valence-electron chi connectivity index (χ3n) is 4.67. The minimum atomic E-state index is -0.549. The molecule has 0 fully saturated rings. The lowest BCUT2D eigenvalue weighted by Gasteiger charge is -2.04. The van der Waals surface area contributed by atoms with Crippen LogP contribution in [0, 0.1) is 6.92 Å². The number of fused-ring (bicyclic) bond motifs is 1. The summed E-state index contributed by atoms with van der Waals surface area (Å²) < 4.78 is 6.82. The van der Waals surface area contributed by atoms with Gasteiger partial charge in [0.1, 0.15) is 17.0 Å². The first kappa shape index (κ1) is 16.9. The largest absolute Gasteiger partial charge is 0.506 e. The quantitative estimate of drug-likeness (QED) is 0.492. The number of aromatic amines is 1. The number of nitrogens with zero attached hydrogens (tertiary/aromatic N) is 4. The molecule has 0 amide bonds. The Hall–Kier alpha value is -4.20. The summed E-state index contributed by atoms with van der Waals surface area (Å²) in [5, 5.41) is 19.4. The minimum Gasteiger partial charge on any atom is -0.506 e. The van der Waals surface area contributed by atoms with Gasteiger partial charge in [0.25, 0.3) is 11.4 Å². The summed E-state index contributed by atoms with van der Waals surface area (Å²) in [5.74, 6) is 0.0117. The number of aromatic hydroxyl groups is 1. The maximum Gasteiger partial charge on any atom is 0.267 e. The molecule has 0 spiro atoms. The molecule has 0 saturated carbocycles. The van der Waals surface area contributed by atoms with Crippen LogP contribution < -0.4 is 5.56 Å². The van der Waals surface area contributed by atoms with Crippen LogP contribution in [0.15, 0.2) is 70.1 Å². The van der Waals surface area contributed by atoms with Crippen molar-refractivity contribution in [3.63, 3.8) is 0 Å². The molecule has 2 N–H and O–H groups in total. The summed E-state index contributed by atoms with van der Waals surface area (Å²) in [5.41, 5.74) is 2.35. The van der Waals surface area contributed by atoms with E-state index in [9.17, 15) is 9.90 Å². The fourth-order valence-electron chi connectivity index (χ4n) is 3.16. The molecule has 0 atom stereocenters. The SMILES string of the molecule is Cc1ccc(-c2noc(-c3c(O)c4cnn(-c5ccccc5)c4[nH]c3=O)n2)cc1. The van der Waals surface area contributed by atoms with Gasteiger partial charge in [-0.1, -0.05) is 53.2 Å². The summed E-state index contributed by atoms with van der Waals surface area (Å²) in [7, 11) is 0. The molecule has 8 nitrogen and oxygen atoms in total. The second-order valence-corrected chi connectivity index (χ2v) is 6.62. The van der Waals surface area contributed by atoms with Crippen molar-refractivity contribution in [2.24, 2.45) is 0 Å². The van der Waals surface area contributed by atoms with Gasteiger partial charge in [0.2, 0.25) is 5.82 Å². The Kier molecular flexibility index (Phi) is 3.77. The summed E-state index contributed by atoms with van der Waals surface area (Å²) in [6, 6.07) is 16.9. The van der Waals surface area contributed by atoms with Gasteiger partial charge in [0.05, 0.1) is 17.3 Å². The molecule has 0 saturated heterocycles. The smallest absolute Gasteiger partial charge is 0.267 e. The van der Waals surface area contributed by atoms with Gasteiger partial charge in [-0.3, -0.25) is 4.79 Å². The molecule has 2 aromatic carbocycles. The average Bonchev–Trinajstić information content (AvgIpc) is 3.37. The van der Waals surface area contributed by atoms with Crippen LogP contribution in [0.4, 0.5) is 0 Å². The van der Waals surface area contributed by atoms with Crippen LogP contribution in [-0.4, -0.2) is 30.0 Å². The highest BCUT2D eigenvalue weighted by Gasteiger charge is 2.22. The minimum absolute atomic E-state index is 0.0614. The molecule has 0 radical (unpaired) electrons. The number of H-pyrrole nitrogens is 1. The second kappa shape index (κ2) is 6.45. The van der Waals surface area contributed by atoms with Crippen molar-refractivity contribution in [2.75, 3.05) is 0 Å². The number of pyridine rings is 1. The van der Waals surface area contributed by atoms with Crippen molar-refractivity contribution >= 4 is 11.0 Å². The van der Waals surface area contributed by atoms with Gasteiger partial charge in [-0.05, 0) is 19.1 Å². The molecule has 29 heavy (non-hydrogen) atoms. The van der Waals surface area contributed by atoms with E-state index in [1.54, 1.807) is 4.68 Å². The van der Waals surface area contributed by atoms with Crippen LogP contribution in [0.2, 0.25) is 0 Å². The van der Waals surface area contributed by atoms with Crippen LogP contribution in [-0.2, 0) is 0 Å².